The molecule has 0 fully saturated rings. The first-order valence-electron chi connectivity index (χ1n) is 5.32. The van der Waals surface area contributed by atoms with Gasteiger partial charge in [0.1, 0.15) is 0 Å². The van der Waals surface area contributed by atoms with Gasteiger partial charge in [0.2, 0.25) is 0 Å². The van der Waals surface area contributed by atoms with Gasteiger partial charge in [-0.3, -0.25) is 0 Å². The summed E-state index contributed by atoms with van der Waals surface area (Å²) in [4.78, 5) is 0. The van der Waals surface area contributed by atoms with Gasteiger partial charge >= 0.3 is 0 Å². The molecule has 92 valence electrons. The topological polar surface area (TPSA) is 53.2 Å². The van der Waals surface area contributed by atoms with Crippen LogP contribution in [0.15, 0.2) is 12.1 Å². The quantitative estimate of drug-likeness (QED) is 0.778. The van der Waals surface area contributed by atoms with Crippen LogP contribution in [0.1, 0.15) is 24.8 Å². The maximum Gasteiger partial charge on any atom is 0.190 e. The van der Waals surface area contributed by atoms with Crippen LogP contribution in [-0.2, 0) is 0 Å². The highest BCUT2D eigenvalue weighted by Crippen LogP contribution is 2.23. The number of aliphatic hydroxyl groups excluding tert-OH is 1. The first-order valence-corrected chi connectivity index (χ1v) is 5.32. The van der Waals surface area contributed by atoms with E-state index in [2.05, 4.69) is 0 Å². The maximum absolute atomic E-state index is 13.3. The monoisotopic (exact) mass is 241 g/mol. The number of ether oxygens (including phenoxy) is 1. The molecule has 1 aromatic carbocycles. The van der Waals surface area contributed by atoms with Gasteiger partial charge in [0, 0.05) is 6.61 Å². The molecule has 1 N–H and O–H groups in total. The third-order valence-corrected chi connectivity index (χ3v) is 2.18. The number of hydrogen-bond acceptors (Lipinski definition) is 3. The van der Waals surface area contributed by atoms with Crippen LogP contribution in [0.25, 0.3) is 0 Å². The van der Waals surface area contributed by atoms with Crippen molar-refractivity contribution in [2.75, 3.05) is 13.2 Å². The Hall–Kier alpha value is -1.67. The average Bonchev–Trinajstić information content (AvgIpc) is 2.31. The second-order valence-corrected chi connectivity index (χ2v) is 3.51. The lowest BCUT2D eigenvalue weighted by Crippen LogP contribution is -2.02. The van der Waals surface area contributed by atoms with Crippen molar-refractivity contribution in [3.63, 3.8) is 0 Å². The van der Waals surface area contributed by atoms with E-state index in [0.717, 1.165) is 18.6 Å². The highest BCUT2D eigenvalue weighted by atomic mass is 19.1. The van der Waals surface area contributed by atoms with Gasteiger partial charge in [0.05, 0.1) is 18.2 Å². The van der Waals surface area contributed by atoms with Gasteiger partial charge in [-0.25, -0.2) is 8.78 Å². The van der Waals surface area contributed by atoms with Crippen LogP contribution >= 0.6 is 0 Å². The number of benzene rings is 1. The van der Waals surface area contributed by atoms with Crippen LogP contribution < -0.4 is 4.74 Å². The Morgan fingerprint density at radius 2 is 1.82 bits per heavy atom. The van der Waals surface area contributed by atoms with E-state index in [0.29, 0.717) is 12.8 Å². The second-order valence-electron chi connectivity index (χ2n) is 3.51. The Kier molecular flexibility index (Phi) is 5.37. The Morgan fingerprint density at radius 1 is 1.18 bits per heavy atom. The molecule has 17 heavy (non-hydrogen) atoms. The molecule has 1 aromatic rings. The number of aliphatic hydroxyl groups is 1. The Bertz CT molecular complexity index is 392. The molecule has 0 aliphatic carbocycles. The van der Waals surface area contributed by atoms with Crippen LogP contribution in [0.3, 0.4) is 0 Å². The van der Waals surface area contributed by atoms with E-state index >= 15 is 0 Å². The average molecular weight is 241 g/mol. The first-order chi connectivity index (χ1) is 8.19. The predicted octanol–water partition coefficient (Wildman–Crippen LogP) is 2.38. The van der Waals surface area contributed by atoms with Crippen LogP contribution in [0, 0.1) is 23.0 Å². The zero-order valence-corrected chi connectivity index (χ0v) is 9.25. The normalized spacial score (nSPS) is 10.0. The lowest BCUT2D eigenvalue weighted by Gasteiger charge is -2.08. The van der Waals surface area contributed by atoms with Gasteiger partial charge in [0.15, 0.2) is 17.4 Å². The summed E-state index contributed by atoms with van der Waals surface area (Å²) < 4.78 is 31.6. The Morgan fingerprint density at radius 3 is 2.35 bits per heavy atom. The summed E-state index contributed by atoms with van der Waals surface area (Å²) in [5, 5.41) is 17.0. The van der Waals surface area contributed by atoms with Gasteiger partial charge in [-0.1, -0.05) is 0 Å². The van der Waals surface area contributed by atoms with Crippen molar-refractivity contribution >= 4 is 0 Å². The van der Waals surface area contributed by atoms with Crippen LogP contribution in [-0.4, -0.2) is 18.3 Å². The number of nitriles is 1. The third-order valence-electron chi connectivity index (χ3n) is 2.18. The van der Waals surface area contributed by atoms with E-state index in [1.54, 1.807) is 6.07 Å². The fourth-order valence-corrected chi connectivity index (χ4v) is 1.33. The molecule has 3 nitrogen and oxygen atoms in total. The van der Waals surface area contributed by atoms with E-state index in [4.69, 9.17) is 15.1 Å². The molecule has 0 unspecified atom stereocenters. The maximum atomic E-state index is 13.3. The number of halogens is 2. The summed E-state index contributed by atoms with van der Waals surface area (Å²) in [6.45, 7) is 0.277. The fourth-order valence-electron chi connectivity index (χ4n) is 1.33. The van der Waals surface area contributed by atoms with Gasteiger partial charge in [0.25, 0.3) is 0 Å². The molecule has 1 rings (SSSR count). The first kappa shape index (κ1) is 13.4. The van der Waals surface area contributed by atoms with E-state index < -0.39 is 17.4 Å². The van der Waals surface area contributed by atoms with Crippen molar-refractivity contribution in [2.45, 2.75) is 19.3 Å². The zero-order valence-electron chi connectivity index (χ0n) is 9.25. The predicted molar refractivity (Wildman–Crippen MR) is 57.5 cm³/mol. The summed E-state index contributed by atoms with van der Waals surface area (Å²) in [5.74, 6) is -2.19. The minimum atomic E-state index is -0.872. The second kappa shape index (κ2) is 6.81. The van der Waals surface area contributed by atoms with Gasteiger partial charge in [-0.05, 0) is 31.4 Å². The van der Waals surface area contributed by atoms with Gasteiger partial charge < -0.3 is 9.84 Å². The molecule has 0 aliphatic heterocycles. The summed E-state index contributed by atoms with van der Waals surface area (Å²) in [6, 6.07) is 3.53. The summed E-state index contributed by atoms with van der Waals surface area (Å²) in [5.41, 5.74) is -0.0763. The van der Waals surface area contributed by atoms with E-state index in [9.17, 15) is 8.78 Å². The standard InChI is InChI=1S/C12H13F2NO2/c13-10-6-9(8-15)7-11(14)12(10)17-5-3-1-2-4-16/h6-7,16H,1-5H2. The molecular formula is C12H13F2NO2. The van der Waals surface area contributed by atoms with Crippen molar-refractivity contribution in [1.29, 1.82) is 5.26 Å². The van der Waals surface area contributed by atoms with Crippen molar-refractivity contribution < 1.29 is 18.6 Å². The molecule has 0 spiro atoms. The van der Waals surface area contributed by atoms with Crippen molar-refractivity contribution in [2.24, 2.45) is 0 Å². The summed E-state index contributed by atoms with van der Waals surface area (Å²) in [7, 11) is 0. The van der Waals surface area contributed by atoms with E-state index in [-0.39, 0.29) is 18.8 Å². The highest BCUT2D eigenvalue weighted by molar-refractivity contribution is 5.37. The van der Waals surface area contributed by atoms with Gasteiger partial charge in [-0.15, -0.1) is 0 Å². The molecule has 0 radical (unpaired) electrons. The lowest BCUT2D eigenvalue weighted by molar-refractivity contribution is 0.255. The van der Waals surface area contributed by atoms with Gasteiger partial charge in [-0.2, -0.15) is 5.26 Å². The molecular weight excluding hydrogens is 228 g/mol. The Balaban J connectivity index is 2.57. The lowest BCUT2D eigenvalue weighted by atomic mass is 10.2. The molecule has 0 saturated carbocycles. The van der Waals surface area contributed by atoms with Crippen LogP contribution in [0.4, 0.5) is 8.78 Å². The van der Waals surface area contributed by atoms with E-state index in [1.165, 1.54) is 0 Å². The van der Waals surface area contributed by atoms with Crippen molar-refractivity contribution in [3.8, 4) is 11.8 Å². The molecule has 0 atom stereocenters. The smallest absolute Gasteiger partial charge is 0.190 e. The minimum absolute atomic E-state index is 0.0763. The van der Waals surface area contributed by atoms with Crippen molar-refractivity contribution in [3.05, 3.63) is 29.3 Å². The highest BCUT2D eigenvalue weighted by Gasteiger charge is 2.12. The van der Waals surface area contributed by atoms with E-state index in [1.807, 2.05) is 0 Å². The summed E-state index contributed by atoms with van der Waals surface area (Å²) in [6.07, 6.45) is 1.98. The zero-order chi connectivity index (χ0) is 12.7. The fraction of sp³-hybridized carbons (Fsp3) is 0.417. The SMILES string of the molecule is N#Cc1cc(F)c(OCCCCCO)c(F)c1. The molecule has 0 aliphatic rings. The van der Waals surface area contributed by atoms with Crippen LogP contribution in [0.5, 0.6) is 5.75 Å². The largest absolute Gasteiger partial charge is 0.488 e. The molecule has 0 aromatic heterocycles. The molecule has 5 heteroatoms. The van der Waals surface area contributed by atoms with Crippen molar-refractivity contribution in [1.82, 2.24) is 0 Å². The number of nitrogens with zero attached hydrogens (tertiary/aromatic N) is 1. The molecule has 0 saturated heterocycles. The number of rotatable bonds is 6. The Labute approximate surface area is 98.3 Å². The number of hydrogen-bond donors (Lipinski definition) is 1. The minimum Gasteiger partial charge on any atom is -0.488 e. The molecule has 0 bridgehead atoms. The van der Waals surface area contributed by atoms with Crippen LogP contribution in [0.2, 0.25) is 0 Å². The third kappa shape index (κ3) is 4.00. The summed E-state index contributed by atoms with van der Waals surface area (Å²) >= 11 is 0. The number of unbranched alkanes of at least 4 members (excludes halogenated alkanes) is 2. The molecule has 0 heterocycles. The molecule has 0 amide bonds.